The fraction of sp³-hybridized carbons (Fsp3) is 0.333. The number of thiophene rings is 1. The summed E-state index contributed by atoms with van der Waals surface area (Å²) in [6, 6.07) is 14.8. The summed E-state index contributed by atoms with van der Waals surface area (Å²) >= 11 is 1.81. The number of hydrogen-bond donors (Lipinski definition) is 2. The molecule has 0 saturated heterocycles. The van der Waals surface area contributed by atoms with E-state index in [2.05, 4.69) is 54.7 Å². The monoisotopic (exact) mass is 299 g/mol. The highest BCUT2D eigenvalue weighted by Gasteiger charge is 2.23. The van der Waals surface area contributed by atoms with Gasteiger partial charge in [0.25, 0.3) is 0 Å². The topological polar surface area (TPSA) is 32.3 Å². The molecule has 21 heavy (non-hydrogen) atoms. The third-order valence-corrected chi connectivity index (χ3v) is 5.19. The van der Waals surface area contributed by atoms with Crippen LogP contribution in [-0.4, -0.2) is 18.2 Å². The van der Waals surface area contributed by atoms with Crippen molar-refractivity contribution in [1.82, 2.24) is 5.32 Å². The van der Waals surface area contributed by atoms with Gasteiger partial charge in [-0.15, -0.1) is 11.3 Å². The van der Waals surface area contributed by atoms with E-state index in [4.69, 9.17) is 0 Å². The van der Waals surface area contributed by atoms with Crippen LogP contribution in [0.4, 0.5) is 0 Å². The molecular formula is C18H21NOS. The second kappa shape index (κ2) is 5.76. The van der Waals surface area contributed by atoms with Crippen LogP contribution in [0.2, 0.25) is 0 Å². The summed E-state index contributed by atoms with van der Waals surface area (Å²) < 4.78 is 2.58. The van der Waals surface area contributed by atoms with Crippen molar-refractivity contribution in [2.24, 2.45) is 0 Å². The molecule has 0 aliphatic heterocycles. The van der Waals surface area contributed by atoms with Crippen LogP contribution in [-0.2, 0) is 5.60 Å². The van der Waals surface area contributed by atoms with Crippen molar-refractivity contribution >= 4 is 31.5 Å². The van der Waals surface area contributed by atoms with Crippen molar-refractivity contribution in [1.29, 1.82) is 0 Å². The summed E-state index contributed by atoms with van der Waals surface area (Å²) in [5, 5.41) is 16.5. The zero-order chi connectivity index (χ0) is 14.9. The molecule has 3 heteroatoms. The third kappa shape index (κ3) is 2.82. The van der Waals surface area contributed by atoms with Gasteiger partial charge in [-0.25, -0.2) is 0 Å². The van der Waals surface area contributed by atoms with Crippen molar-refractivity contribution < 1.29 is 5.11 Å². The van der Waals surface area contributed by atoms with Gasteiger partial charge < -0.3 is 10.4 Å². The summed E-state index contributed by atoms with van der Waals surface area (Å²) in [5.41, 5.74) is 0.204. The fourth-order valence-corrected chi connectivity index (χ4v) is 3.80. The summed E-state index contributed by atoms with van der Waals surface area (Å²) in [5.74, 6) is 0. The summed E-state index contributed by atoms with van der Waals surface area (Å²) in [6.07, 6.45) is 0.717. The first-order valence-electron chi connectivity index (χ1n) is 7.47. The lowest BCUT2D eigenvalue weighted by Gasteiger charge is -2.24. The van der Waals surface area contributed by atoms with Gasteiger partial charge in [0.1, 0.15) is 0 Å². The largest absolute Gasteiger partial charge is 0.385 e. The van der Waals surface area contributed by atoms with Crippen LogP contribution in [0.15, 0.2) is 42.5 Å². The molecule has 2 nitrogen and oxygen atoms in total. The Morgan fingerprint density at radius 1 is 1.10 bits per heavy atom. The highest BCUT2D eigenvalue weighted by atomic mass is 32.1. The molecule has 1 heterocycles. The first-order chi connectivity index (χ1) is 10.1. The van der Waals surface area contributed by atoms with Gasteiger partial charge in [0.2, 0.25) is 0 Å². The molecule has 0 radical (unpaired) electrons. The molecule has 0 bridgehead atoms. The van der Waals surface area contributed by atoms with E-state index >= 15 is 0 Å². The van der Waals surface area contributed by atoms with Crippen molar-refractivity contribution in [2.45, 2.75) is 25.9 Å². The van der Waals surface area contributed by atoms with E-state index in [1.807, 2.05) is 18.3 Å². The van der Waals surface area contributed by atoms with Crippen LogP contribution >= 0.6 is 11.3 Å². The molecule has 3 aromatic rings. The average molecular weight is 299 g/mol. The Morgan fingerprint density at radius 3 is 2.67 bits per heavy atom. The number of hydrogen-bond acceptors (Lipinski definition) is 3. The van der Waals surface area contributed by atoms with Gasteiger partial charge in [-0.1, -0.05) is 31.2 Å². The summed E-state index contributed by atoms with van der Waals surface area (Å²) in [6.45, 7) is 5.74. The fourth-order valence-electron chi connectivity index (χ4n) is 2.71. The molecule has 1 unspecified atom stereocenters. The van der Waals surface area contributed by atoms with E-state index < -0.39 is 5.60 Å². The molecule has 1 atom stereocenters. The third-order valence-electron chi connectivity index (χ3n) is 4.04. The molecule has 0 spiro atoms. The number of aliphatic hydroxyl groups is 1. The van der Waals surface area contributed by atoms with Gasteiger partial charge in [-0.3, -0.25) is 0 Å². The minimum absolute atomic E-state index is 0.717. The van der Waals surface area contributed by atoms with E-state index in [1.54, 1.807) is 0 Å². The van der Waals surface area contributed by atoms with Crippen LogP contribution in [0.5, 0.6) is 0 Å². The van der Waals surface area contributed by atoms with Crippen LogP contribution in [0.1, 0.15) is 25.8 Å². The molecular weight excluding hydrogens is 278 g/mol. The quantitative estimate of drug-likeness (QED) is 0.690. The molecule has 3 rings (SSSR count). The lowest BCUT2D eigenvalue weighted by atomic mass is 9.91. The maximum Gasteiger partial charge on any atom is 0.0880 e. The first-order valence-corrected chi connectivity index (χ1v) is 8.28. The number of fused-ring (bicyclic) bond motifs is 3. The summed E-state index contributed by atoms with van der Waals surface area (Å²) in [4.78, 5) is 0. The number of benzene rings is 2. The van der Waals surface area contributed by atoms with Crippen molar-refractivity contribution in [3.8, 4) is 0 Å². The molecule has 2 N–H and O–H groups in total. The Hall–Kier alpha value is -1.42. The van der Waals surface area contributed by atoms with E-state index in [0.29, 0.717) is 6.42 Å². The lowest BCUT2D eigenvalue weighted by molar-refractivity contribution is 0.0483. The van der Waals surface area contributed by atoms with Crippen molar-refractivity contribution in [3.05, 3.63) is 48.0 Å². The highest BCUT2D eigenvalue weighted by molar-refractivity contribution is 7.25. The Balaban J connectivity index is 2.01. The van der Waals surface area contributed by atoms with Crippen molar-refractivity contribution in [3.63, 3.8) is 0 Å². The zero-order valence-corrected chi connectivity index (χ0v) is 13.3. The molecule has 0 fully saturated rings. The summed E-state index contributed by atoms with van der Waals surface area (Å²) in [7, 11) is 0. The molecule has 0 saturated carbocycles. The van der Waals surface area contributed by atoms with Crippen molar-refractivity contribution in [2.75, 3.05) is 13.1 Å². The predicted molar refractivity (Wildman–Crippen MR) is 92.1 cm³/mol. The molecule has 2 aromatic carbocycles. The zero-order valence-electron chi connectivity index (χ0n) is 12.5. The number of rotatable bonds is 5. The maximum atomic E-state index is 10.7. The van der Waals surface area contributed by atoms with Gasteiger partial charge in [0.15, 0.2) is 0 Å². The molecule has 1 aromatic heterocycles. The smallest absolute Gasteiger partial charge is 0.0880 e. The lowest BCUT2D eigenvalue weighted by Crippen LogP contribution is -2.27. The van der Waals surface area contributed by atoms with E-state index in [9.17, 15) is 5.11 Å². The predicted octanol–water partition coefficient (Wildman–Crippen LogP) is 4.26. The van der Waals surface area contributed by atoms with Crippen LogP contribution < -0.4 is 5.32 Å². The molecule has 0 aliphatic rings. The Bertz CT molecular complexity index is 760. The highest BCUT2D eigenvalue weighted by Crippen LogP contribution is 2.36. The number of nitrogens with one attached hydrogen (secondary N) is 1. The van der Waals surface area contributed by atoms with Gasteiger partial charge in [0, 0.05) is 20.2 Å². The van der Waals surface area contributed by atoms with Crippen LogP contribution in [0.3, 0.4) is 0 Å². The minimum Gasteiger partial charge on any atom is -0.385 e. The molecule has 110 valence electrons. The minimum atomic E-state index is -0.792. The second-order valence-electron chi connectivity index (χ2n) is 5.69. The van der Waals surface area contributed by atoms with Gasteiger partial charge in [-0.05, 0) is 50.2 Å². The first kappa shape index (κ1) is 14.5. The van der Waals surface area contributed by atoms with Crippen LogP contribution in [0, 0.1) is 0 Å². The van der Waals surface area contributed by atoms with Crippen LogP contribution in [0.25, 0.3) is 20.2 Å². The van der Waals surface area contributed by atoms with Gasteiger partial charge in [0.05, 0.1) is 5.60 Å². The molecule has 0 amide bonds. The van der Waals surface area contributed by atoms with E-state index in [0.717, 1.165) is 18.7 Å². The second-order valence-corrected chi connectivity index (χ2v) is 6.77. The average Bonchev–Trinajstić information content (AvgIpc) is 2.85. The van der Waals surface area contributed by atoms with Gasteiger partial charge >= 0.3 is 0 Å². The SMILES string of the molecule is CCNCCC(C)(O)c1ccc2sc3ccccc3c2c1. The Morgan fingerprint density at radius 2 is 1.86 bits per heavy atom. The van der Waals surface area contributed by atoms with E-state index in [1.165, 1.54) is 20.2 Å². The normalized spacial score (nSPS) is 14.6. The van der Waals surface area contributed by atoms with Gasteiger partial charge in [-0.2, -0.15) is 0 Å². The molecule has 0 aliphatic carbocycles. The standard InChI is InChI=1S/C18H21NOS/c1-3-19-11-10-18(2,20)13-8-9-17-15(12-13)14-6-4-5-7-16(14)21-17/h4-9,12,19-20H,3,10-11H2,1-2H3. The maximum absolute atomic E-state index is 10.7. The Labute approximate surface area is 129 Å². The van der Waals surface area contributed by atoms with E-state index in [-0.39, 0.29) is 0 Å². The Kier molecular flexibility index (Phi) is 3.98.